The monoisotopic (exact) mass is 587 g/mol. The molecule has 0 saturated carbocycles. The van der Waals surface area contributed by atoms with Crippen molar-refractivity contribution in [2.24, 2.45) is 11.6 Å². The van der Waals surface area contributed by atoms with Crippen LogP contribution in [0.4, 0.5) is 29.7 Å². The number of anilines is 3. The number of rotatable bonds is 8. The Labute approximate surface area is 240 Å². The normalized spacial score (nSPS) is 14.5. The van der Waals surface area contributed by atoms with Crippen LogP contribution in [0.2, 0.25) is 0 Å². The van der Waals surface area contributed by atoms with Gasteiger partial charge in [0.1, 0.15) is 0 Å². The van der Waals surface area contributed by atoms with Gasteiger partial charge in [-0.1, -0.05) is 23.8 Å². The van der Waals surface area contributed by atoms with E-state index in [-0.39, 0.29) is 22.9 Å². The summed E-state index contributed by atoms with van der Waals surface area (Å²) in [6.07, 6.45) is 1.54. The molecule has 2 amide bonds. The third-order valence-corrected chi connectivity index (χ3v) is 7.50. The Morgan fingerprint density at radius 2 is 1.85 bits per heavy atom. The Balaban J connectivity index is 1.54. The van der Waals surface area contributed by atoms with Crippen LogP contribution >= 0.6 is 11.3 Å². The van der Waals surface area contributed by atoms with Gasteiger partial charge in [-0.2, -0.15) is 13.2 Å². The van der Waals surface area contributed by atoms with E-state index in [4.69, 9.17) is 11.6 Å². The largest absolute Gasteiger partial charge is 0.416 e. The minimum absolute atomic E-state index is 0.0628. The molecule has 3 aromatic rings. The molecule has 1 fully saturated rings. The smallest absolute Gasteiger partial charge is 0.396 e. The van der Waals surface area contributed by atoms with Crippen molar-refractivity contribution in [3.8, 4) is 0 Å². The minimum atomic E-state index is -4.55. The highest BCUT2D eigenvalue weighted by Crippen LogP contribution is 2.33. The molecule has 13 heteroatoms. The van der Waals surface area contributed by atoms with E-state index in [0.717, 1.165) is 50.0 Å². The van der Waals surface area contributed by atoms with Gasteiger partial charge in [0.05, 0.1) is 21.8 Å². The molecule has 0 unspecified atom stereocenters. The molecule has 4 rings (SSSR count). The topological polar surface area (TPSA) is 130 Å². The summed E-state index contributed by atoms with van der Waals surface area (Å²) in [5.41, 5.74) is 7.59. The molecule has 41 heavy (non-hydrogen) atoms. The Kier molecular flexibility index (Phi) is 9.31. The quantitative estimate of drug-likeness (QED) is 0.208. The highest BCUT2D eigenvalue weighted by molar-refractivity contribution is 7.16. The average molecular weight is 588 g/mol. The summed E-state index contributed by atoms with van der Waals surface area (Å²) in [6, 6.07) is 8.45. The van der Waals surface area contributed by atoms with Crippen LogP contribution in [0, 0.1) is 6.92 Å². The van der Waals surface area contributed by atoms with Gasteiger partial charge >= 0.3 is 6.18 Å². The summed E-state index contributed by atoms with van der Waals surface area (Å²) >= 11 is 1.17. The van der Waals surface area contributed by atoms with E-state index in [9.17, 15) is 22.8 Å². The van der Waals surface area contributed by atoms with Crippen molar-refractivity contribution in [3.05, 3.63) is 75.9 Å². The van der Waals surface area contributed by atoms with Crippen molar-refractivity contribution in [1.82, 2.24) is 9.88 Å². The second-order valence-electron chi connectivity index (χ2n) is 9.91. The van der Waals surface area contributed by atoms with Gasteiger partial charge in [0.15, 0.2) is 5.13 Å². The van der Waals surface area contributed by atoms with Crippen molar-refractivity contribution < 1.29 is 22.8 Å². The van der Waals surface area contributed by atoms with Crippen LogP contribution in [0.3, 0.4) is 0 Å². The SMILES string of the molecule is CC(=O)Nc1ncc(/C(N)=C/N(N)c2cc(C(=O)Nc3cc(CN4CCCCC4)cc(C(F)(F)F)c3)ccc2C)s1. The van der Waals surface area contributed by atoms with Gasteiger partial charge in [-0.05, 0) is 74.3 Å². The first-order valence-electron chi connectivity index (χ1n) is 13.0. The lowest BCUT2D eigenvalue weighted by Crippen LogP contribution is -2.29. The van der Waals surface area contributed by atoms with Gasteiger partial charge in [-0.3, -0.25) is 19.5 Å². The van der Waals surface area contributed by atoms with Gasteiger partial charge in [0.2, 0.25) is 5.91 Å². The number of hydrogen-bond donors (Lipinski definition) is 4. The predicted octanol–water partition coefficient (Wildman–Crippen LogP) is 5.30. The number of aromatic nitrogens is 1. The molecule has 1 aromatic heterocycles. The van der Waals surface area contributed by atoms with Crippen LogP contribution in [0.15, 0.2) is 48.8 Å². The Hall–Kier alpha value is -3.94. The fraction of sp³-hybridized carbons (Fsp3) is 0.321. The number of carbonyl (C=O) groups excluding carboxylic acids is 2. The maximum Gasteiger partial charge on any atom is 0.416 e. The zero-order chi connectivity index (χ0) is 29.7. The van der Waals surface area contributed by atoms with E-state index in [1.165, 1.54) is 41.7 Å². The molecule has 0 bridgehead atoms. The Morgan fingerprint density at radius 1 is 1.12 bits per heavy atom. The van der Waals surface area contributed by atoms with Crippen LogP contribution in [-0.2, 0) is 17.5 Å². The first-order valence-corrected chi connectivity index (χ1v) is 13.8. The van der Waals surface area contributed by atoms with Gasteiger partial charge in [-0.25, -0.2) is 10.8 Å². The zero-order valence-corrected chi connectivity index (χ0v) is 23.5. The number of nitrogens with one attached hydrogen (secondary N) is 2. The summed E-state index contributed by atoms with van der Waals surface area (Å²) in [7, 11) is 0. The number of hydrazine groups is 1. The number of amides is 2. The number of thiazole rings is 1. The van der Waals surface area contributed by atoms with E-state index < -0.39 is 17.6 Å². The number of halogens is 3. The molecule has 0 spiro atoms. The molecular formula is C28H32F3N7O2S. The fourth-order valence-corrected chi connectivity index (χ4v) is 5.31. The lowest BCUT2D eigenvalue weighted by Gasteiger charge is -2.27. The maximum absolute atomic E-state index is 13.7. The molecule has 0 aliphatic carbocycles. The summed E-state index contributed by atoms with van der Waals surface area (Å²) in [4.78, 5) is 31.2. The summed E-state index contributed by atoms with van der Waals surface area (Å²) in [5.74, 6) is 5.41. The Bertz CT molecular complexity index is 1450. The number of likely N-dealkylation sites (tertiary alicyclic amines) is 1. The molecular weight excluding hydrogens is 555 g/mol. The summed E-state index contributed by atoms with van der Waals surface area (Å²) in [6.45, 7) is 5.21. The number of nitrogens with zero attached hydrogens (tertiary/aromatic N) is 3. The summed E-state index contributed by atoms with van der Waals surface area (Å²) in [5, 5.41) is 6.84. The highest BCUT2D eigenvalue weighted by atomic mass is 32.1. The standard InChI is InChI=1S/C28H32F3N7O2S/c1-17-6-7-20(12-24(17)38(33)16-23(32)25-14-34-27(41-25)35-18(2)39)26(40)36-22-11-19(10-21(13-22)28(29,30)31)15-37-8-4-3-5-9-37/h6-7,10-14,16H,3-5,8-9,15,32-33H2,1-2H3,(H,36,40)(H,34,35,39)/b23-16-. The number of nitrogens with two attached hydrogens (primary N) is 2. The minimum Gasteiger partial charge on any atom is -0.396 e. The maximum atomic E-state index is 13.7. The van der Waals surface area contributed by atoms with Crippen molar-refractivity contribution in [1.29, 1.82) is 0 Å². The second kappa shape index (κ2) is 12.7. The fourth-order valence-electron chi connectivity index (χ4n) is 4.53. The third kappa shape index (κ3) is 8.06. The molecule has 0 radical (unpaired) electrons. The average Bonchev–Trinajstić information content (AvgIpc) is 3.37. The van der Waals surface area contributed by atoms with Gasteiger partial charge in [0, 0.05) is 37.1 Å². The number of carbonyl (C=O) groups is 2. The highest BCUT2D eigenvalue weighted by Gasteiger charge is 2.31. The number of aryl methyl sites for hydroxylation is 1. The van der Waals surface area contributed by atoms with Crippen LogP contribution in [-0.4, -0.2) is 34.8 Å². The first kappa shape index (κ1) is 30.0. The molecule has 2 heterocycles. The van der Waals surface area contributed by atoms with Crippen LogP contribution in [0.5, 0.6) is 0 Å². The predicted molar refractivity (Wildman–Crippen MR) is 155 cm³/mol. The number of hydrogen-bond acceptors (Lipinski definition) is 8. The van der Waals surface area contributed by atoms with Gasteiger partial charge in [-0.15, -0.1) is 0 Å². The van der Waals surface area contributed by atoms with E-state index in [1.54, 1.807) is 25.1 Å². The van der Waals surface area contributed by atoms with Crippen LogP contribution in [0.1, 0.15) is 58.1 Å². The van der Waals surface area contributed by atoms with Gasteiger partial charge < -0.3 is 16.4 Å². The van der Waals surface area contributed by atoms with Crippen LogP contribution < -0.4 is 27.2 Å². The molecule has 6 N–H and O–H groups in total. The van der Waals surface area contributed by atoms with Crippen LogP contribution in [0.25, 0.3) is 5.70 Å². The number of benzene rings is 2. The lowest BCUT2D eigenvalue weighted by molar-refractivity contribution is -0.137. The number of alkyl halides is 3. The van der Waals surface area contributed by atoms with Crippen molar-refractivity contribution in [2.75, 3.05) is 28.7 Å². The first-order chi connectivity index (χ1) is 19.4. The summed E-state index contributed by atoms with van der Waals surface area (Å²) < 4.78 is 41.0. The van der Waals surface area contributed by atoms with E-state index >= 15 is 0 Å². The van der Waals surface area contributed by atoms with Crippen molar-refractivity contribution >= 4 is 45.4 Å². The van der Waals surface area contributed by atoms with E-state index in [0.29, 0.717) is 27.8 Å². The Morgan fingerprint density at radius 3 is 2.54 bits per heavy atom. The molecule has 0 atom stereocenters. The molecule has 9 nitrogen and oxygen atoms in total. The molecule has 1 saturated heterocycles. The molecule has 218 valence electrons. The van der Waals surface area contributed by atoms with E-state index in [1.807, 2.05) is 0 Å². The van der Waals surface area contributed by atoms with Crippen molar-refractivity contribution in [2.45, 2.75) is 45.8 Å². The second-order valence-corrected chi connectivity index (χ2v) is 10.9. The van der Waals surface area contributed by atoms with Gasteiger partial charge in [0.25, 0.3) is 5.91 Å². The van der Waals surface area contributed by atoms with E-state index in [2.05, 4.69) is 20.5 Å². The molecule has 1 aliphatic heterocycles. The lowest BCUT2D eigenvalue weighted by atomic mass is 10.1. The third-order valence-electron chi connectivity index (χ3n) is 6.53. The zero-order valence-electron chi connectivity index (χ0n) is 22.7. The van der Waals surface area contributed by atoms with Crippen molar-refractivity contribution in [3.63, 3.8) is 0 Å². The molecule has 2 aromatic carbocycles. The number of piperidine rings is 1. The molecule has 1 aliphatic rings.